The predicted molar refractivity (Wildman–Crippen MR) is 120 cm³/mol. The molecule has 3 heterocycles. The first-order valence-electron chi connectivity index (χ1n) is 11.0. The van der Waals surface area contributed by atoms with Gasteiger partial charge < -0.3 is 9.67 Å². The van der Waals surface area contributed by atoms with Gasteiger partial charge >= 0.3 is 11.7 Å². The third-order valence-electron chi connectivity index (χ3n) is 6.31. The highest BCUT2D eigenvalue weighted by Crippen LogP contribution is 2.33. The number of carboxylic acid groups (broad SMARTS) is 1. The third kappa shape index (κ3) is 4.15. The number of carboxylic acids is 1. The molecule has 33 heavy (non-hydrogen) atoms. The molecule has 0 aliphatic heterocycles. The van der Waals surface area contributed by atoms with E-state index in [-0.39, 0.29) is 17.2 Å². The van der Waals surface area contributed by atoms with Gasteiger partial charge in [0.1, 0.15) is 11.2 Å². The van der Waals surface area contributed by atoms with Crippen molar-refractivity contribution >= 4 is 17.1 Å². The Balaban J connectivity index is 1.67. The van der Waals surface area contributed by atoms with Crippen LogP contribution in [0.3, 0.4) is 0 Å². The number of fused-ring (bicyclic) bond motifs is 1. The van der Waals surface area contributed by atoms with E-state index in [4.69, 9.17) is 0 Å². The van der Waals surface area contributed by atoms with Gasteiger partial charge in [-0.05, 0) is 55.4 Å². The van der Waals surface area contributed by atoms with Gasteiger partial charge in [-0.2, -0.15) is 0 Å². The molecule has 0 atom stereocenters. The fraction of sp³-hybridized carbons (Fsp3) is 0.391. The molecular weight excluding hydrogens is 424 g/mol. The number of nitrogens with zero attached hydrogens (tertiary/aromatic N) is 5. The van der Waals surface area contributed by atoms with E-state index in [9.17, 15) is 14.7 Å². The first kappa shape index (κ1) is 21.0. The quantitative estimate of drug-likeness (QED) is 0.471. The van der Waals surface area contributed by atoms with Crippen molar-refractivity contribution in [2.75, 3.05) is 0 Å². The molecule has 0 amide bonds. The number of aryl methyl sites for hydroxylation is 1. The van der Waals surface area contributed by atoms with Crippen molar-refractivity contribution in [3.05, 3.63) is 46.2 Å². The average Bonchev–Trinajstić information content (AvgIpc) is 3.40. The van der Waals surface area contributed by atoms with Gasteiger partial charge in [0.05, 0.1) is 11.9 Å². The number of imidazole rings is 1. The first-order chi connectivity index (χ1) is 15.9. The van der Waals surface area contributed by atoms with Crippen LogP contribution in [-0.4, -0.2) is 40.7 Å². The molecule has 5 rings (SSSR count). The normalized spacial score (nSPS) is 18.6. The van der Waals surface area contributed by atoms with E-state index >= 15 is 0 Å². The number of aromatic nitrogens is 6. The number of nitrogens with one attached hydrogen (secondary N) is 1. The molecule has 0 saturated heterocycles. The van der Waals surface area contributed by atoms with Crippen LogP contribution in [-0.2, 0) is 6.54 Å². The number of rotatable bonds is 5. The maximum atomic E-state index is 11.7. The van der Waals surface area contributed by atoms with E-state index in [2.05, 4.69) is 41.1 Å². The second-order valence-electron chi connectivity index (χ2n) is 8.93. The van der Waals surface area contributed by atoms with Gasteiger partial charge in [-0.15, -0.1) is 0 Å². The van der Waals surface area contributed by atoms with Gasteiger partial charge in [0, 0.05) is 12.1 Å². The van der Waals surface area contributed by atoms with E-state index in [0.29, 0.717) is 22.8 Å². The van der Waals surface area contributed by atoms with Gasteiger partial charge in [-0.1, -0.05) is 24.9 Å². The summed E-state index contributed by atoms with van der Waals surface area (Å²) in [6.45, 7) is 4.92. The zero-order valence-corrected chi connectivity index (χ0v) is 18.4. The van der Waals surface area contributed by atoms with E-state index in [1.54, 1.807) is 18.5 Å². The highest BCUT2D eigenvalue weighted by atomic mass is 16.5. The number of hydrogen-bond donors (Lipinski definition) is 2. The number of hydrogen-bond acceptors (Lipinski definition) is 7. The smallest absolute Gasteiger partial charge is 0.439 e. The molecule has 3 aromatic heterocycles. The summed E-state index contributed by atoms with van der Waals surface area (Å²) in [6.07, 6.45) is 6.49. The van der Waals surface area contributed by atoms with Crippen molar-refractivity contribution in [2.45, 2.75) is 46.1 Å². The van der Waals surface area contributed by atoms with Gasteiger partial charge in [0.15, 0.2) is 5.65 Å². The summed E-state index contributed by atoms with van der Waals surface area (Å²) in [5, 5.41) is 13.3. The molecule has 170 valence electrons. The molecule has 1 saturated carbocycles. The number of benzene rings is 1. The number of carbonyl (C=O) groups is 1. The fourth-order valence-electron chi connectivity index (χ4n) is 4.58. The Labute approximate surface area is 188 Å². The summed E-state index contributed by atoms with van der Waals surface area (Å²) in [4.78, 5) is 39.3. The Hall–Kier alpha value is -3.82. The molecule has 0 radical (unpaired) electrons. The van der Waals surface area contributed by atoms with E-state index in [1.165, 1.54) is 12.8 Å². The molecule has 1 aliphatic rings. The Kier molecular flexibility index (Phi) is 5.27. The zero-order valence-electron chi connectivity index (χ0n) is 18.4. The third-order valence-corrected chi connectivity index (χ3v) is 6.31. The lowest BCUT2D eigenvalue weighted by Crippen LogP contribution is -2.17. The van der Waals surface area contributed by atoms with Crippen molar-refractivity contribution in [2.24, 2.45) is 11.8 Å². The van der Waals surface area contributed by atoms with Crippen LogP contribution in [0, 0.1) is 18.8 Å². The maximum Gasteiger partial charge on any atom is 0.439 e. The molecule has 0 spiro atoms. The zero-order chi connectivity index (χ0) is 23.1. The molecule has 1 aromatic carbocycles. The fourth-order valence-corrected chi connectivity index (χ4v) is 4.58. The van der Waals surface area contributed by atoms with Crippen LogP contribution < -0.4 is 5.76 Å². The molecule has 10 heteroatoms. The van der Waals surface area contributed by atoms with E-state index < -0.39 is 11.7 Å². The van der Waals surface area contributed by atoms with Crippen molar-refractivity contribution in [3.8, 4) is 22.9 Å². The number of aromatic amines is 1. The second kappa shape index (κ2) is 8.27. The Morgan fingerprint density at radius 2 is 2.00 bits per heavy atom. The van der Waals surface area contributed by atoms with Crippen molar-refractivity contribution < 1.29 is 14.4 Å². The van der Waals surface area contributed by atoms with Crippen molar-refractivity contribution in [3.63, 3.8) is 0 Å². The van der Waals surface area contributed by atoms with Gasteiger partial charge in [-0.3, -0.25) is 9.51 Å². The van der Waals surface area contributed by atoms with Crippen LogP contribution in [0.15, 0.2) is 33.8 Å². The maximum absolute atomic E-state index is 11.7. The van der Waals surface area contributed by atoms with Crippen molar-refractivity contribution in [1.29, 1.82) is 0 Å². The topological polar surface area (TPSA) is 140 Å². The largest absolute Gasteiger partial charge is 0.478 e. The number of H-pyrrole nitrogens is 1. The van der Waals surface area contributed by atoms with Crippen LogP contribution in [0.5, 0.6) is 0 Å². The molecule has 4 aromatic rings. The monoisotopic (exact) mass is 448 g/mol. The second-order valence-corrected chi connectivity index (χ2v) is 8.93. The Morgan fingerprint density at radius 1 is 1.21 bits per heavy atom. The minimum absolute atomic E-state index is 0.0880. The van der Waals surface area contributed by atoms with Gasteiger partial charge in [0.2, 0.25) is 11.6 Å². The first-order valence-corrected chi connectivity index (χ1v) is 11.0. The molecule has 10 nitrogen and oxygen atoms in total. The molecule has 1 aliphatic carbocycles. The highest BCUT2D eigenvalue weighted by molar-refractivity contribution is 5.93. The lowest BCUT2D eigenvalue weighted by molar-refractivity contribution is 0.0697. The highest BCUT2D eigenvalue weighted by Gasteiger charge is 2.23. The summed E-state index contributed by atoms with van der Waals surface area (Å²) in [6, 6.07) is 5.08. The summed E-state index contributed by atoms with van der Waals surface area (Å²) < 4.78 is 6.68. The van der Waals surface area contributed by atoms with Crippen LogP contribution in [0.4, 0.5) is 0 Å². The average molecular weight is 448 g/mol. The molecule has 0 bridgehead atoms. The molecular formula is C23H24N6O4. The summed E-state index contributed by atoms with van der Waals surface area (Å²) >= 11 is 0. The Morgan fingerprint density at radius 3 is 2.70 bits per heavy atom. The lowest BCUT2D eigenvalue weighted by atomic mass is 9.83. The number of aromatic carboxylic acids is 1. The minimum Gasteiger partial charge on any atom is -0.478 e. The SMILES string of the molecule is Cc1cc(C(=O)O)cc(-c2nc(-c3noc(=O)[nH]3)nc3ncn(CC4CCC(C)CC4)c23)c1. The van der Waals surface area contributed by atoms with Crippen LogP contribution >= 0.6 is 0 Å². The van der Waals surface area contributed by atoms with Gasteiger partial charge in [0.25, 0.3) is 0 Å². The predicted octanol–water partition coefficient (Wildman–Crippen LogP) is 3.67. The van der Waals surface area contributed by atoms with E-state index in [0.717, 1.165) is 36.4 Å². The van der Waals surface area contributed by atoms with Crippen LogP contribution in [0.1, 0.15) is 48.5 Å². The Bertz CT molecular complexity index is 1390. The molecule has 0 unspecified atom stereocenters. The standard InChI is InChI=1S/C23H24N6O4/c1-12-3-5-14(6-4-12)10-29-11-24-19-18(29)17(15-7-13(2)8-16(9-15)22(30)31)25-20(26-19)21-27-23(32)33-28-21/h7-9,11-12,14H,3-6,10H2,1-2H3,(H,30,31)(H,27,28,32). The summed E-state index contributed by atoms with van der Waals surface area (Å²) in [5.74, 6) is -0.200. The van der Waals surface area contributed by atoms with Gasteiger partial charge in [-0.25, -0.2) is 24.5 Å². The van der Waals surface area contributed by atoms with Crippen LogP contribution in [0.25, 0.3) is 34.1 Å². The van der Waals surface area contributed by atoms with Crippen LogP contribution in [0.2, 0.25) is 0 Å². The lowest BCUT2D eigenvalue weighted by Gasteiger charge is -2.26. The summed E-state index contributed by atoms with van der Waals surface area (Å²) in [5.41, 5.74) is 3.30. The molecule has 2 N–H and O–H groups in total. The van der Waals surface area contributed by atoms with E-state index in [1.807, 2.05) is 13.0 Å². The molecule has 1 fully saturated rings. The van der Waals surface area contributed by atoms with Crippen molar-refractivity contribution in [1.82, 2.24) is 29.7 Å². The summed E-state index contributed by atoms with van der Waals surface area (Å²) in [7, 11) is 0. The minimum atomic E-state index is -1.02.